The number of nitrogens with one attached hydrogen (secondary N) is 3. The second kappa shape index (κ2) is 15.0. The van der Waals surface area contributed by atoms with Gasteiger partial charge in [0.25, 0.3) is 11.8 Å². The van der Waals surface area contributed by atoms with Gasteiger partial charge in [-0.3, -0.25) is 14.4 Å². The van der Waals surface area contributed by atoms with Gasteiger partial charge in [0.2, 0.25) is 0 Å². The van der Waals surface area contributed by atoms with E-state index in [1.165, 1.54) is 0 Å². The van der Waals surface area contributed by atoms with E-state index < -0.39 is 36.1 Å². The van der Waals surface area contributed by atoms with Gasteiger partial charge in [0.15, 0.2) is 12.2 Å². The summed E-state index contributed by atoms with van der Waals surface area (Å²) in [6.07, 6.45) is -4.92. The number of aliphatic hydroxyl groups is 2. The summed E-state index contributed by atoms with van der Waals surface area (Å²) in [6.45, 7) is -0.0389. The van der Waals surface area contributed by atoms with Crippen LogP contribution >= 0.6 is 0 Å². The Morgan fingerprint density at radius 2 is 1.11 bits per heavy atom. The van der Waals surface area contributed by atoms with Crippen LogP contribution < -0.4 is 16.0 Å². The van der Waals surface area contributed by atoms with Crippen LogP contribution in [-0.2, 0) is 37.1 Å². The molecular formula is C24H29N3O8. The van der Waals surface area contributed by atoms with Crippen LogP contribution in [0.5, 0.6) is 0 Å². The largest absolute Gasteiger partial charge is 0.461 e. The van der Waals surface area contributed by atoms with E-state index in [1.54, 1.807) is 24.3 Å². The van der Waals surface area contributed by atoms with Gasteiger partial charge in [-0.25, -0.2) is 4.79 Å². The molecule has 0 radical (unpaired) electrons. The van der Waals surface area contributed by atoms with Crippen LogP contribution in [0.3, 0.4) is 0 Å². The van der Waals surface area contributed by atoms with E-state index in [1.807, 2.05) is 36.4 Å². The summed E-state index contributed by atoms with van der Waals surface area (Å²) in [5, 5.41) is 26.7. The summed E-state index contributed by atoms with van der Waals surface area (Å²) in [5.74, 6) is -2.59. The maximum absolute atomic E-state index is 11.9. The van der Waals surface area contributed by atoms with Crippen LogP contribution in [0.15, 0.2) is 60.7 Å². The van der Waals surface area contributed by atoms with Crippen molar-refractivity contribution in [3.8, 4) is 0 Å². The van der Waals surface area contributed by atoms with Crippen molar-refractivity contribution in [3.63, 3.8) is 0 Å². The van der Waals surface area contributed by atoms with Crippen molar-refractivity contribution in [1.29, 1.82) is 0 Å². The molecule has 0 spiro atoms. The summed E-state index contributed by atoms with van der Waals surface area (Å²) in [6, 6.07) is 18.1. The lowest BCUT2D eigenvalue weighted by Gasteiger charge is -2.17. The number of rotatable bonds is 13. The Kier molecular flexibility index (Phi) is 11.7. The molecule has 2 aromatic rings. The Labute approximate surface area is 202 Å². The van der Waals surface area contributed by atoms with Gasteiger partial charge >= 0.3 is 12.1 Å². The number of hydrogen-bond donors (Lipinski definition) is 5. The van der Waals surface area contributed by atoms with Gasteiger partial charge in [0.05, 0.1) is 6.42 Å². The van der Waals surface area contributed by atoms with Crippen LogP contribution in [0.4, 0.5) is 4.79 Å². The van der Waals surface area contributed by atoms with Gasteiger partial charge in [0.1, 0.15) is 13.2 Å². The van der Waals surface area contributed by atoms with Gasteiger partial charge in [-0.15, -0.1) is 0 Å². The minimum Gasteiger partial charge on any atom is -0.461 e. The molecule has 2 aromatic carbocycles. The molecule has 0 saturated carbocycles. The fourth-order valence-corrected chi connectivity index (χ4v) is 2.72. The van der Waals surface area contributed by atoms with Gasteiger partial charge in [-0.2, -0.15) is 0 Å². The molecule has 3 amide bonds. The zero-order chi connectivity index (χ0) is 25.5. The molecule has 5 N–H and O–H groups in total. The summed E-state index contributed by atoms with van der Waals surface area (Å²) in [7, 11) is 0. The average Bonchev–Trinajstić information content (AvgIpc) is 2.88. The van der Waals surface area contributed by atoms with Crippen LogP contribution in [0.1, 0.15) is 17.5 Å². The molecule has 0 fully saturated rings. The molecule has 2 rings (SSSR count). The number of hydrogen-bond acceptors (Lipinski definition) is 8. The minimum atomic E-state index is -2.04. The molecule has 0 aliphatic heterocycles. The number of aliphatic hydroxyl groups excluding tert-OH is 2. The lowest BCUT2D eigenvalue weighted by Crippen LogP contribution is -2.50. The summed E-state index contributed by atoms with van der Waals surface area (Å²) >= 11 is 0. The highest BCUT2D eigenvalue weighted by Gasteiger charge is 2.30. The van der Waals surface area contributed by atoms with Crippen molar-refractivity contribution < 1.29 is 38.9 Å². The van der Waals surface area contributed by atoms with Crippen LogP contribution in [0, 0.1) is 0 Å². The molecule has 0 unspecified atom stereocenters. The molecule has 0 aliphatic rings. The zero-order valence-electron chi connectivity index (χ0n) is 19.0. The molecule has 0 bridgehead atoms. The van der Waals surface area contributed by atoms with E-state index in [4.69, 9.17) is 9.47 Å². The van der Waals surface area contributed by atoms with E-state index in [-0.39, 0.29) is 39.3 Å². The van der Waals surface area contributed by atoms with Crippen molar-refractivity contribution in [1.82, 2.24) is 16.0 Å². The third-order valence-corrected chi connectivity index (χ3v) is 4.61. The zero-order valence-corrected chi connectivity index (χ0v) is 19.0. The van der Waals surface area contributed by atoms with Crippen molar-refractivity contribution in [3.05, 3.63) is 71.8 Å². The molecule has 0 heterocycles. The Hall–Kier alpha value is -3.96. The molecule has 11 nitrogen and oxygen atoms in total. The van der Waals surface area contributed by atoms with E-state index >= 15 is 0 Å². The summed E-state index contributed by atoms with van der Waals surface area (Å²) in [5.41, 5.74) is 1.63. The van der Waals surface area contributed by atoms with E-state index in [0.29, 0.717) is 0 Å². The fourth-order valence-electron chi connectivity index (χ4n) is 2.72. The first-order valence-electron chi connectivity index (χ1n) is 10.9. The Balaban J connectivity index is 1.56. The normalized spacial score (nSPS) is 12.1. The molecule has 0 saturated heterocycles. The first kappa shape index (κ1) is 27.3. The maximum Gasteiger partial charge on any atom is 0.407 e. The first-order chi connectivity index (χ1) is 16.9. The first-order valence-corrected chi connectivity index (χ1v) is 10.9. The quantitative estimate of drug-likeness (QED) is 0.195. The van der Waals surface area contributed by atoms with Gasteiger partial charge < -0.3 is 35.6 Å². The fraction of sp³-hybridized carbons (Fsp3) is 0.333. The summed E-state index contributed by atoms with van der Waals surface area (Å²) < 4.78 is 10.1. The second-order valence-corrected chi connectivity index (χ2v) is 7.36. The highest BCUT2D eigenvalue weighted by Crippen LogP contribution is 2.02. The van der Waals surface area contributed by atoms with E-state index in [0.717, 1.165) is 11.1 Å². The third kappa shape index (κ3) is 10.7. The SMILES string of the molecule is O=C(CCNC(=O)[C@@H](O)[C@@H](O)C(=O)NCCNC(=O)OCc1ccccc1)OCc1ccccc1. The van der Waals surface area contributed by atoms with Crippen molar-refractivity contribution >= 4 is 23.9 Å². The van der Waals surface area contributed by atoms with E-state index in [2.05, 4.69) is 16.0 Å². The number of benzene rings is 2. The lowest BCUT2D eigenvalue weighted by molar-refractivity contribution is -0.147. The molecule has 0 aromatic heterocycles. The highest BCUT2D eigenvalue weighted by atomic mass is 16.5. The van der Waals surface area contributed by atoms with Gasteiger partial charge in [-0.1, -0.05) is 60.7 Å². The standard InChI is InChI=1S/C24H29N3O8/c28-19(34-15-17-7-3-1-4-8-17)11-12-25-22(31)20(29)21(30)23(32)26-13-14-27-24(33)35-16-18-9-5-2-6-10-18/h1-10,20-21,29-30H,11-16H2,(H,25,31)(H,26,32)(H,27,33)/t20-,21+/m0/s1. The minimum absolute atomic E-state index is 0.000528. The predicted octanol–water partition coefficient (Wildman–Crippen LogP) is 0.000500. The van der Waals surface area contributed by atoms with Crippen molar-refractivity contribution in [2.45, 2.75) is 31.8 Å². The predicted molar refractivity (Wildman–Crippen MR) is 124 cm³/mol. The van der Waals surface area contributed by atoms with Gasteiger partial charge in [-0.05, 0) is 11.1 Å². The molecule has 11 heteroatoms. The number of amides is 3. The average molecular weight is 488 g/mol. The molecule has 2 atom stereocenters. The highest BCUT2D eigenvalue weighted by molar-refractivity contribution is 5.90. The number of esters is 1. The van der Waals surface area contributed by atoms with Crippen molar-refractivity contribution in [2.75, 3.05) is 19.6 Å². The molecule has 35 heavy (non-hydrogen) atoms. The smallest absolute Gasteiger partial charge is 0.407 e. The van der Waals surface area contributed by atoms with Crippen LogP contribution in [0.2, 0.25) is 0 Å². The molecule has 0 aliphatic carbocycles. The third-order valence-electron chi connectivity index (χ3n) is 4.61. The summed E-state index contributed by atoms with van der Waals surface area (Å²) in [4.78, 5) is 47.2. The van der Waals surface area contributed by atoms with Crippen LogP contribution in [-0.4, -0.2) is 65.9 Å². The Morgan fingerprint density at radius 3 is 1.66 bits per heavy atom. The second-order valence-electron chi connectivity index (χ2n) is 7.36. The maximum atomic E-state index is 11.9. The Bertz CT molecular complexity index is 956. The number of ether oxygens (including phenoxy) is 2. The molecule has 188 valence electrons. The van der Waals surface area contributed by atoms with E-state index in [9.17, 15) is 29.4 Å². The number of carbonyl (C=O) groups excluding carboxylic acids is 4. The molecular weight excluding hydrogens is 458 g/mol. The van der Waals surface area contributed by atoms with Gasteiger partial charge in [0, 0.05) is 19.6 Å². The number of carbonyl (C=O) groups is 4. The monoisotopic (exact) mass is 487 g/mol. The Morgan fingerprint density at radius 1 is 0.657 bits per heavy atom. The topological polar surface area (TPSA) is 163 Å². The van der Waals surface area contributed by atoms with Crippen molar-refractivity contribution in [2.24, 2.45) is 0 Å². The lowest BCUT2D eigenvalue weighted by atomic mass is 10.1. The van der Waals surface area contributed by atoms with Crippen LogP contribution in [0.25, 0.3) is 0 Å². The number of alkyl carbamates (subject to hydrolysis) is 1.